The molecule has 3 rings (SSSR count). The van der Waals surface area contributed by atoms with Crippen molar-refractivity contribution in [2.45, 2.75) is 18.9 Å². The van der Waals surface area contributed by atoms with E-state index in [2.05, 4.69) is 16.3 Å². The molecule has 7 heteroatoms. The third-order valence-electron chi connectivity index (χ3n) is 5.23. The Hall–Kier alpha value is -2.44. The summed E-state index contributed by atoms with van der Waals surface area (Å²) in [7, 11) is 4.70. The Labute approximate surface area is 176 Å². The Balaban J connectivity index is 1.81. The van der Waals surface area contributed by atoms with Crippen LogP contribution in [0.15, 0.2) is 36.4 Å². The van der Waals surface area contributed by atoms with Gasteiger partial charge in [0.2, 0.25) is 0 Å². The minimum atomic E-state index is -0.216. The van der Waals surface area contributed by atoms with E-state index in [1.807, 2.05) is 18.2 Å². The number of nitrogens with zero attached hydrogens (tertiary/aromatic N) is 1. The maximum atomic E-state index is 12.9. The maximum absolute atomic E-state index is 12.9. The van der Waals surface area contributed by atoms with Gasteiger partial charge < -0.3 is 19.5 Å². The summed E-state index contributed by atoms with van der Waals surface area (Å²) in [5, 5.41) is 3.38. The molecule has 1 aliphatic heterocycles. The van der Waals surface area contributed by atoms with Gasteiger partial charge in [-0.25, -0.2) is 0 Å². The van der Waals surface area contributed by atoms with Gasteiger partial charge in [0, 0.05) is 17.7 Å². The second kappa shape index (κ2) is 9.85. The van der Waals surface area contributed by atoms with Crippen molar-refractivity contribution < 1.29 is 19.0 Å². The Morgan fingerprint density at radius 3 is 2.41 bits per heavy atom. The highest BCUT2D eigenvalue weighted by Gasteiger charge is 2.26. The largest absolute Gasteiger partial charge is 0.496 e. The van der Waals surface area contributed by atoms with Crippen LogP contribution in [0.25, 0.3) is 0 Å². The summed E-state index contributed by atoms with van der Waals surface area (Å²) < 4.78 is 16.1. The number of likely N-dealkylation sites (tertiary alicyclic amines) is 1. The number of benzene rings is 2. The van der Waals surface area contributed by atoms with Crippen LogP contribution in [0.4, 0.5) is 0 Å². The molecule has 1 atom stereocenters. The normalized spacial score (nSPS) is 15.0. The molecule has 1 saturated heterocycles. The summed E-state index contributed by atoms with van der Waals surface area (Å²) in [6.07, 6.45) is 2.32. The molecule has 1 aliphatic rings. The van der Waals surface area contributed by atoms with Gasteiger partial charge in [0.05, 0.1) is 32.4 Å². The monoisotopic (exact) mass is 418 g/mol. The molecule has 0 spiro atoms. The Kier molecular flexibility index (Phi) is 7.23. The summed E-state index contributed by atoms with van der Waals surface area (Å²) in [6.45, 7) is 2.46. The Morgan fingerprint density at radius 1 is 1.07 bits per heavy atom. The maximum Gasteiger partial charge on any atom is 0.251 e. The van der Waals surface area contributed by atoms with Crippen LogP contribution < -0.4 is 19.5 Å². The summed E-state index contributed by atoms with van der Waals surface area (Å²) in [5.41, 5.74) is 1.50. The van der Waals surface area contributed by atoms with Gasteiger partial charge in [-0.2, -0.15) is 0 Å². The van der Waals surface area contributed by atoms with Crippen LogP contribution in [-0.4, -0.2) is 51.8 Å². The van der Waals surface area contributed by atoms with Crippen LogP contribution in [0, 0.1) is 0 Å². The van der Waals surface area contributed by atoms with Gasteiger partial charge >= 0.3 is 0 Å². The summed E-state index contributed by atoms with van der Waals surface area (Å²) in [6, 6.07) is 11.2. The van der Waals surface area contributed by atoms with E-state index in [9.17, 15) is 4.79 Å². The second-order valence-corrected chi connectivity index (χ2v) is 7.31. The molecule has 1 N–H and O–H groups in total. The van der Waals surface area contributed by atoms with Crippen molar-refractivity contribution in [3.8, 4) is 17.2 Å². The molecule has 0 aromatic heterocycles. The fourth-order valence-electron chi connectivity index (χ4n) is 3.77. The van der Waals surface area contributed by atoms with Crippen molar-refractivity contribution in [1.29, 1.82) is 0 Å². The first kappa shape index (κ1) is 21.3. The van der Waals surface area contributed by atoms with Gasteiger partial charge in [-0.1, -0.05) is 29.8 Å². The predicted octanol–water partition coefficient (Wildman–Crippen LogP) is 3.93. The highest BCUT2D eigenvalue weighted by atomic mass is 35.5. The van der Waals surface area contributed by atoms with Gasteiger partial charge in [0.25, 0.3) is 5.91 Å². The number of methoxy groups -OCH3 is 3. The fourth-order valence-corrected chi connectivity index (χ4v) is 4.06. The second-order valence-electron chi connectivity index (χ2n) is 6.90. The quantitative estimate of drug-likeness (QED) is 0.703. The molecular formula is C22H27ClN2O4. The molecule has 1 fully saturated rings. The zero-order valence-electron chi connectivity index (χ0n) is 17.0. The number of nitrogens with one attached hydrogen (secondary N) is 1. The molecule has 1 heterocycles. The third-order valence-corrected chi connectivity index (χ3v) is 5.51. The van der Waals surface area contributed by atoms with Crippen LogP contribution in [0.1, 0.15) is 34.8 Å². The molecule has 2 aromatic rings. The van der Waals surface area contributed by atoms with E-state index in [0.29, 0.717) is 28.6 Å². The summed E-state index contributed by atoms with van der Waals surface area (Å²) >= 11 is 6.25. The van der Waals surface area contributed by atoms with Crippen LogP contribution in [-0.2, 0) is 0 Å². The molecule has 156 valence electrons. The first-order valence-electron chi connectivity index (χ1n) is 9.65. The van der Waals surface area contributed by atoms with E-state index < -0.39 is 0 Å². The van der Waals surface area contributed by atoms with Crippen molar-refractivity contribution in [1.82, 2.24) is 10.2 Å². The molecule has 2 aromatic carbocycles. The molecule has 29 heavy (non-hydrogen) atoms. The number of carbonyl (C=O) groups is 1. The first-order valence-corrected chi connectivity index (χ1v) is 10.0. The average Bonchev–Trinajstić information content (AvgIpc) is 3.28. The lowest BCUT2D eigenvalue weighted by molar-refractivity contribution is 0.0937. The minimum absolute atomic E-state index is 0.0354. The molecule has 1 amide bonds. The van der Waals surface area contributed by atoms with E-state index in [-0.39, 0.29) is 11.9 Å². The van der Waals surface area contributed by atoms with Crippen molar-refractivity contribution in [3.05, 3.63) is 52.5 Å². The van der Waals surface area contributed by atoms with E-state index >= 15 is 0 Å². The fraction of sp³-hybridized carbons (Fsp3) is 0.409. The van der Waals surface area contributed by atoms with Crippen LogP contribution >= 0.6 is 11.6 Å². The van der Waals surface area contributed by atoms with Crippen molar-refractivity contribution >= 4 is 17.5 Å². The number of amides is 1. The number of ether oxygens (including phenoxy) is 3. The number of halogens is 1. The number of carbonyl (C=O) groups excluding carboxylic acids is 1. The molecule has 1 unspecified atom stereocenters. The summed E-state index contributed by atoms with van der Waals surface area (Å²) in [5.74, 6) is 1.44. The Bertz CT molecular complexity index is 853. The Morgan fingerprint density at radius 2 is 1.76 bits per heavy atom. The van der Waals surface area contributed by atoms with Gasteiger partial charge in [-0.3, -0.25) is 9.69 Å². The van der Waals surface area contributed by atoms with Crippen molar-refractivity contribution in [2.75, 3.05) is 41.0 Å². The lowest BCUT2D eigenvalue weighted by Crippen LogP contribution is -2.37. The van der Waals surface area contributed by atoms with Gasteiger partial charge in [-0.15, -0.1) is 0 Å². The van der Waals surface area contributed by atoms with Gasteiger partial charge in [-0.05, 0) is 44.1 Å². The van der Waals surface area contributed by atoms with Gasteiger partial charge in [0.1, 0.15) is 5.75 Å². The molecule has 6 nitrogen and oxygen atoms in total. The zero-order chi connectivity index (χ0) is 20.8. The van der Waals surface area contributed by atoms with E-state index in [4.69, 9.17) is 25.8 Å². The number of rotatable bonds is 8. The van der Waals surface area contributed by atoms with Crippen molar-refractivity contribution in [2.24, 2.45) is 0 Å². The standard InChI is InChI=1S/C22H27ClN2O4/c1-27-19-9-5-4-8-16(19)18(25-10-6-7-11-25)14-24-22(26)15-12-17(23)21(29-3)20(13-15)28-2/h4-5,8-9,12-13,18H,6-7,10-11,14H2,1-3H3,(H,24,26). The highest BCUT2D eigenvalue weighted by Crippen LogP contribution is 2.36. The van der Waals surface area contributed by atoms with Crippen molar-refractivity contribution in [3.63, 3.8) is 0 Å². The predicted molar refractivity (Wildman–Crippen MR) is 113 cm³/mol. The topological polar surface area (TPSA) is 60.0 Å². The molecule has 0 saturated carbocycles. The van der Waals surface area contributed by atoms with Crippen LogP contribution in [0.3, 0.4) is 0 Å². The number of hydrogen-bond donors (Lipinski definition) is 1. The van der Waals surface area contributed by atoms with E-state index in [1.54, 1.807) is 19.2 Å². The van der Waals surface area contributed by atoms with E-state index in [0.717, 1.165) is 37.2 Å². The van der Waals surface area contributed by atoms with Gasteiger partial charge in [0.15, 0.2) is 11.5 Å². The molecule has 0 aliphatic carbocycles. The third kappa shape index (κ3) is 4.77. The average molecular weight is 419 g/mol. The molecular weight excluding hydrogens is 392 g/mol. The van der Waals surface area contributed by atoms with Crippen LogP contribution in [0.5, 0.6) is 17.2 Å². The number of hydrogen-bond acceptors (Lipinski definition) is 5. The lowest BCUT2D eigenvalue weighted by Gasteiger charge is -2.29. The first-order chi connectivity index (χ1) is 14.1. The highest BCUT2D eigenvalue weighted by molar-refractivity contribution is 6.32. The minimum Gasteiger partial charge on any atom is -0.496 e. The SMILES string of the molecule is COc1ccccc1C(CNC(=O)c1cc(Cl)c(OC)c(OC)c1)N1CCCC1. The zero-order valence-corrected chi connectivity index (χ0v) is 17.8. The van der Waals surface area contributed by atoms with Crippen LogP contribution in [0.2, 0.25) is 5.02 Å². The molecule has 0 bridgehead atoms. The number of para-hydroxylation sites is 1. The summed E-state index contributed by atoms with van der Waals surface area (Å²) in [4.78, 5) is 15.2. The lowest BCUT2D eigenvalue weighted by atomic mass is 10.0. The smallest absolute Gasteiger partial charge is 0.251 e. The molecule has 0 radical (unpaired) electrons. The van der Waals surface area contributed by atoms with E-state index in [1.165, 1.54) is 14.2 Å².